The van der Waals surface area contributed by atoms with Crippen molar-refractivity contribution < 1.29 is 9.66 Å². The van der Waals surface area contributed by atoms with Crippen LogP contribution in [-0.2, 0) is 6.54 Å². The Morgan fingerprint density at radius 3 is 2.86 bits per heavy atom. The molecule has 2 aromatic rings. The number of nitrogens with one attached hydrogen (secondary N) is 1. The Labute approximate surface area is 122 Å². The van der Waals surface area contributed by atoms with Gasteiger partial charge < -0.3 is 10.1 Å². The molecule has 0 fully saturated rings. The number of non-ortho nitro benzene ring substituents is 1. The van der Waals surface area contributed by atoms with Crippen LogP contribution in [0.1, 0.15) is 19.4 Å². The van der Waals surface area contributed by atoms with E-state index in [0.717, 1.165) is 5.56 Å². The second kappa shape index (κ2) is 6.81. The van der Waals surface area contributed by atoms with E-state index < -0.39 is 4.92 Å². The van der Waals surface area contributed by atoms with E-state index in [2.05, 4.69) is 24.1 Å². The second-order valence-electron chi connectivity index (χ2n) is 4.86. The van der Waals surface area contributed by atoms with Crippen molar-refractivity contribution in [1.82, 2.24) is 10.3 Å². The Morgan fingerprint density at radius 2 is 2.14 bits per heavy atom. The van der Waals surface area contributed by atoms with Gasteiger partial charge in [0.15, 0.2) is 0 Å². The first kappa shape index (κ1) is 14.9. The molecule has 110 valence electrons. The van der Waals surface area contributed by atoms with Crippen LogP contribution in [-0.4, -0.2) is 15.9 Å². The fourth-order valence-corrected chi connectivity index (χ4v) is 1.74. The molecule has 21 heavy (non-hydrogen) atoms. The van der Waals surface area contributed by atoms with Crippen molar-refractivity contribution in [3.8, 4) is 11.6 Å². The lowest BCUT2D eigenvalue weighted by molar-refractivity contribution is -0.384. The van der Waals surface area contributed by atoms with Gasteiger partial charge in [0.25, 0.3) is 5.69 Å². The number of hydrogen-bond donors (Lipinski definition) is 1. The zero-order valence-corrected chi connectivity index (χ0v) is 11.9. The predicted molar refractivity (Wildman–Crippen MR) is 79.4 cm³/mol. The monoisotopic (exact) mass is 287 g/mol. The zero-order valence-electron chi connectivity index (χ0n) is 11.9. The van der Waals surface area contributed by atoms with E-state index in [1.165, 1.54) is 12.1 Å². The molecule has 0 aliphatic carbocycles. The maximum absolute atomic E-state index is 10.8. The minimum absolute atomic E-state index is 0.00899. The topological polar surface area (TPSA) is 77.3 Å². The Kier molecular flexibility index (Phi) is 4.84. The summed E-state index contributed by atoms with van der Waals surface area (Å²) in [4.78, 5) is 14.5. The number of aromatic nitrogens is 1. The van der Waals surface area contributed by atoms with Crippen molar-refractivity contribution in [1.29, 1.82) is 0 Å². The van der Waals surface area contributed by atoms with Crippen LogP contribution < -0.4 is 10.1 Å². The summed E-state index contributed by atoms with van der Waals surface area (Å²) in [6.45, 7) is 4.73. The number of nitro groups is 1. The fourth-order valence-electron chi connectivity index (χ4n) is 1.74. The molecule has 1 aromatic carbocycles. The van der Waals surface area contributed by atoms with Gasteiger partial charge in [0.05, 0.1) is 11.0 Å². The van der Waals surface area contributed by atoms with Crippen molar-refractivity contribution in [2.45, 2.75) is 26.4 Å². The van der Waals surface area contributed by atoms with Gasteiger partial charge in [-0.3, -0.25) is 10.1 Å². The second-order valence-corrected chi connectivity index (χ2v) is 4.86. The zero-order chi connectivity index (χ0) is 15.2. The number of benzene rings is 1. The molecular formula is C15H17N3O3. The Balaban J connectivity index is 2.19. The standard InChI is InChI=1S/C15H17N3O3/c1-11(2)17-10-12-5-4-8-16-15(12)21-14-7-3-6-13(9-14)18(19)20/h3-9,11,17H,10H2,1-2H3. The van der Waals surface area contributed by atoms with E-state index in [-0.39, 0.29) is 5.69 Å². The molecule has 2 rings (SSSR count). The molecule has 0 atom stereocenters. The van der Waals surface area contributed by atoms with Crippen LogP contribution in [0, 0.1) is 10.1 Å². The minimum atomic E-state index is -0.452. The lowest BCUT2D eigenvalue weighted by Gasteiger charge is -2.12. The highest BCUT2D eigenvalue weighted by Gasteiger charge is 2.10. The first-order chi connectivity index (χ1) is 10.1. The van der Waals surface area contributed by atoms with Crippen molar-refractivity contribution in [2.24, 2.45) is 0 Å². The lowest BCUT2D eigenvalue weighted by atomic mass is 10.2. The molecule has 0 saturated heterocycles. The minimum Gasteiger partial charge on any atom is -0.438 e. The van der Waals surface area contributed by atoms with Crippen molar-refractivity contribution in [3.63, 3.8) is 0 Å². The number of nitro benzene ring substituents is 1. The maximum Gasteiger partial charge on any atom is 0.273 e. The molecule has 6 heteroatoms. The first-order valence-corrected chi connectivity index (χ1v) is 6.66. The van der Waals surface area contributed by atoms with Gasteiger partial charge >= 0.3 is 0 Å². The summed E-state index contributed by atoms with van der Waals surface area (Å²) >= 11 is 0. The molecule has 1 heterocycles. The van der Waals surface area contributed by atoms with E-state index >= 15 is 0 Å². The molecular weight excluding hydrogens is 270 g/mol. The SMILES string of the molecule is CC(C)NCc1cccnc1Oc1cccc([N+](=O)[O-])c1. The molecule has 0 aliphatic heterocycles. The van der Waals surface area contributed by atoms with Gasteiger partial charge in [0, 0.05) is 30.4 Å². The van der Waals surface area contributed by atoms with E-state index in [1.54, 1.807) is 18.3 Å². The van der Waals surface area contributed by atoms with Crippen LogP contribution in [0.2, 0.25) is 0 Å². The number of rotatable bonds is 6. The Hall–Kier alpha value is -2.47. The molecule has 0 bridgehead atoms. The molecule has 0 radical (unpaired) electrons. The number of ether oxygens (including phenoxy) is 1. The van der Waals surface area contributed by atoms with Crippen LogP contribution in [0.4, 0.5) is 5.69 Å². The molecule has 1 N–H and O–H groups in total. The average Bonchev–Trinajstić information content (AvgIpc) is 2.46. The van der Waals surface area contributed by atoms with Gasteiger partial charge in [-0.25, -0.2) is 4.98 Å². The summed E-state index contributed by atoms with van der Waals surface area (Å²) in [6.07, 6.45) is 1.63. The molecule has 6 nitrogen and oxygen atoms in total. The van der Waals surface area contributed by atoms with E-state index in [4.69, 9.17) is 4.74 Å². The van der Waals surface area contributed by atoms with Crippen molar-refractivity contribution in [3.05, 3.63) is 58.3 Å². The van der Waals surface area contributed by atoms with Gasteiger partial charge in [-0.15, -0.1) is 0 Å². The molecule has 0 aliphatic rings. The third-order valence-corrected chi connectivity index (χ3v) is 2.79. The van der Waals surface area contributed by atoms with Crippen LogP contribution in [0.15, 0.2) is 42.6 Å². The highest BCUT2D eigenvalue weighted by atomic mass is 16.6. The summed E-state index contributed by atoms with van der Waals surface area (Å²) in [7, 11) is 0. The largest absolute Gasteiger partial charge is 0.438 e. The molecule has 0 unspecified atom stereocenters. The highest BCUT2D eigenvalue weighted by molar-refractivity contribution is 5.40. The molecule has 1 aromatic heterocycles. The normalized spacial score (nSPS) is 10.6. The highest BCUT2D eigenvalue weighted by Crippen LogP contribution is 2.26. The first-order valence-electron chi connectivity index (χ1n) is 6.66. The van der Waals surface area contributed by atoms with Gasteiger partial charge in [-0.1, -0.05) is 26.0 Å². The van der Waals surface area contributed by atoms with Gasteiger partial charge in [0.1, 0.15) is 5.75 Å². The number of hydrogen-bond acceptors (Lipinski definition) is 5. The van der Waals surface area contributed by atoms with E-state index in [9.17, 15) is 10.1 Å². The van der Waals surface area contributed by atoms with Gasteiger partial charge in [0.2, 0.25) is 5.88 Å². The van der Waals surface area contributed by atoms with Crippen molar-refractivity contribution >= 4 is 5.69 Å². The summed E-state index contributed by atoms with van der Waals surface area (Å²) in [5.41, 5.74) is 0.892. The summed E-state index contributed by atoms with van der Waals surface area (Å²) in [6, 6.07) is 10.1. The fraction of sp³-hybridized carbons (Fsp3) is 0.267. The van der Waals surface area contributed by atoms with Crippen LogP contribution in [0.5, 0.6) is 11.6 Å². The maximum atomic E-state index is 10.8. The Bertz CT molecular complexity index is 629. The predicted octanol–water partition coefficient (Wildman–Crippen LogP) is 3.28. The van der Waals surface area contributed by atoms with Crippen molar-refractivity contribution in [2.75, 3.05) is 0 Å². The molecule has 0 amide bonds. The lowest BCUT2D eigenvalue weighted by Crippen LogP contribution is -2.22. The quantitative estimate of drug-likeness (QED) is 0.651. The van der Waals surface area contributed by atoms with E-state index in [0.29, 0.717) is 24.2 Å². The number of pyridine rings is 1. The summed E-state index contributed by atoms with van der Waals surface area (Å²) in [5.74, 6) is 0.847. The van der Waals surface area contributed by atoms with Gasteiger partial charge in [-0.2, -0.15) is 0 Å². The van der Waals surface area contributed by atoms with Crippen LogP contribution in [0.3, 0.4) is 0 Å². The van der Waals surface area contributed by atoms with Crippen LogP contribution >= 0.6 is 0 Å². The third-order valence-electron chi connectivity index (χ3n) is 2.79. The summed E-state index contributed by atoms with van der Waals surface area (Å²) in [5, 5.41) is 14.1. The number of nitrogens with zero attached hydrogens (tertiary/aromatic N) is 2. The molecule has 0 spiro atoms. The smallest absolute Gasteiger partial charge is 0.273 e. The third kappa shape index (κ3) is 4.25. The Morgan fingerprint density at radius 1 is 1.33 bits per heavy atom. The average molecular weight is 287 g/mol. The molecule has 0 saturated carbocycles. The van der Waals surface area contributed by atoms with Crippen LogP contribution in [0.25, 0.3) is 0 Å². The van der Waals surface area contributed by atoms with E-state index in [1.807, 2.05) is 12.1 Å². The van der Waals surface area contributed by atoms with Gasteiger partial charge in [-0.05, 0) is 12.1 Å². The summed E-state index contributed by atoms with van der Waals surface area (Å²) < 4.78 is 5.68.